The molecule has 1 aliphatic rings. The molecule has 1 saturated heterocycles. The molecule has 0 aliphatic carbocycles. The number of amides is 1. The Morgan fingerprint density at radius 1 is 1.42 bits per heavy atom. The maximum atomic E-state index is 11.7. The van der Waals surface area contributed by atoms with E-state index in [9.17, 15) is 9.59 Å². The largest absolute Gasteiger partial charge is 0.480 e. The average molecular weight is 271 g/mol. The van der Waals surface area contributed by atoms with Gasteiger partial charge in [-0.15, -0.1) is 0 Å². The van der Waals surface area contributed by atoms with Gasteiger partial charge in [-0.3, -0.25) is 4.79 Å². The molecule has 19 heavy (non-hydrogen) atoms. The highest BCUT2D eigenvalue weighted by molar-refractivity contribution is 5.83. The summed E-state index contributed by atoms with van der Waals surface area (Å²) in [6.07, 6.45) is 5.71. The molecule has 0 saturated carbocycles. The Bertz CT molecular complexity index is 306. The van der Waals surface area contributed by atoms with Gasteiger partial charge in [0.2, 0.25) is 5.91 Å². The molecule has 0 bridgehead atoms. The molecule has 1 amide bonds. The van der Waals surface area contributed by atoms with Crippen molar-refractivity contribution in [2.45, 2.75) is 77.0 Å². The number of carboxylic acids is 1. The monoisotopic (exact) mass is 271 g/mol. The minimum Gasteiger partial charge on any atom is -0.480 e. The van der Waals surface area contributed by atoms with Crippen molar-refractivity contribution in [3.05, 3.63) is 0 Å². The zero-order chi connectivity index (χ0) is 14.3. The molecule has 2 unspecified atom stereocenters. The lowest BCUT2D eigenvalue weighted by atomic mass is 10.1. The third-order valence-electron chi connectivity index (χ3n) is 3.49. The Kier molecular flexibility index (Phi) is 6.84. The Morgan fingerprint density at radius 2 is 2.16 bits per heavy atom. The summed E-state index contributed by atoms with van der Waals surface area (Å²) in [5, 5.41) is 11.6. The van der Waals surface area contributed by atoms with Gasteiger partial charge in [-0.2, -0.15) is 0 Å². The number of carbonyl (C=O) groups is 2. The van der Waals surface area contributed by atoms with Gasteiger partial charge in [0.15, 0.2) is 0 Å². The Hall–Kier alpha value is -1.10. The van der Waals surface area contributed by atoms with Crippen LogP contribution in [0.2, 0.25) is 0 Å². The summed E-state index contributed by atoms with van der Waals surface area (Å²) in [5.74, 6) is -1.14. The topological polar surface area (TPSA) is 75.6 Å². The molecule has 0 spiro atoms. The van der Waals surface area contributed by atoms with Crippen molar-refractivity contribution in [3.63, 3.8) is 0 Å². The smallest absolute Gasteiger partial charge is 0.326 e. The second kappa shape index (κ2) is 8.15. The highest BCUT2D eigenvalue weighted by Gasteiger charge is 2.23. The van der Waals surface area contributed by atoms with Crippen molar-refractivity contribution in [3.8, 4) is 0 Å². The van der Waals surface area contributed by atoms with Crippen molar-refractivity contribution in [2.75, 3.05) is 0 Å². The van der Waals surface area contributed by atoms with E-state index in [4.69, 9.17) is 9.84 Å². The first kappa shape index (κ1) is 16.0. The molecule has 0 radical (unpaired) electrons. The van der Waals surface area contributed by atoms with Gasteiger partial charge in [0.1, 0.15) is 6.04 Å². The number of unbranched alkanes of at least 4 members (excludes halogenated alkanes) is 1. The molecule has 0 aromatic carbocycles. The highest BCUT2D eigenvalue weighted by atomic mass is 16.5. The second-order valence-corrected chi connectivity index (χ2v) is 5.29. The summed E-state index contributed by atoms with van der Waals surface area (Å²) < 4.78 is 5.63. The fourth-order valence-electron chi connectivity index (χ4n) is 2.32. The Labute approximate surface area is 114 Å². The lowest BCUT2D eigenvalue weighted by molar-refractivity contribution is -0.142. The molecular weight excluding hydrogens is 246 g/mol. The van der Waals surface area contributed by atoms with Crippen LogP contribution in [0.5, 0.6) is 0 Å². The SMILES string of the molecule is CCCC[C@H](NC(=O)CCC1CCC(C)O1)C(=O)O. The maximum Gasteiger partial charge on any atom is 0.326 e. The molecule has 5 nitrogen and oxygen atoms in total. The summed E-state index contributed by atoms with van der Waals surface area (Å²) in [6, 6.07) is -0.754. The zero-order valence-electron chi connectivity index (χ0n) is 11.9. The molecule has 0 aromatic rings. The Morgan fingerprint density at radius 3 is 2.68 bits per heavy atom. The normalized spacial score (nSPS) is 24.1. The molecule has 1 aliphatic heterocycles. The number of carboxylic acid groups (broad SMARTS) is 1. The minimum atomic E-state index is -0.951. The van der Waals surface area contributed by atoms with Gasteiger partial charge in [0.25, 0.3) is 0 Å². The number of carbonyl (C=O) groups excluding carboxylic acids is 1. The van der Waals surface area contributed by atoms with E-state index >= 15 is 0 Å². The molecule has 3 atom stereocenters. The van der Waals surface area contributed by atoms with Crippen molar-refractivity contribution < 1.29 is 19.4 Å². The van der Waals surface area contributed by atoms with Crippen molar-refractivity contribution in [1.82, 2.24) is 5.32 Å². The number of aliphatic carboxylic acids is 1. The van der Waals surface area contributed by atoms with Crippen molar-refractivity contribution in [1.29, 1.82) is 0 Å². The lowest BCUT2D eigenvalue weighted by Gasteiger charge is -2.15. The van der Waals surface area contributed by atoms with Crippen LogP contribution in [-0.2, 0) is 14.3 Å². The fraction of sp³-hybridized carbons (Fsp3) is 0.857. The third kappa shape index (κ3) is 6.05. The first-order chi connectivity index (χ1) is 9.02. The molecule has 110 valence electrons. The molecule has 1 heterocycles. The number of hydrogen-bond donors (Lipinski definition) is 2. The van der Waals surface area contributed by atoms with Gasteiger partial charge in [0.05, 0.1) is 12.2 Å². The van der Waals surface area contributed by atoms with Crippen LogP contribution in [0, 0.1) is 0 Å². The van der Waals surface area contributed by atoms with Crippen LogP contribution in [0.4, 0.5) is 0 Å². The van der Waals surface area contributed by atoms with E-state index in [1.54, 1.807) is 0 Å². The van der Waals surface area contributed by atoms with Crippen molar-refractivity contribution in [2.24, 2.45) is 0 Å². The van der Waals surface area contributed by atoms with Crippen LogP contribution in [0.15, 0.2) is 0 Å². The van der Waals surface area contributed by atoms with Gasteiger partial charge < -0.3 is 15.2 Å². The van der Waals surface area contributed by atoms with Gasteiger partial charge in [-0.05, 0) is 32.6 Å². The molecular formula is C14H25NO4. The van der Waals surface area contributed by atoms with E-state index in [0.717, 1.165) is 25.7 Å². The van der Waals surface area contributed by atoms with Gasteiger partial charge in [-0.25, -0.2) is 4.79 Å². The molecule has 5 heteroatoms. The standard InChI is InChI=1S/C14H25NO4/c1-3-4-5-12(14(17)18)15-13(16)9-8-11-7-6-10(2)19-11/h10-12H,3-9H2,1-2H3,(H,15,16)(H,17,18)/t10?,11?,12-/m0/s1. The molecule has 0 aromatic heterocycles. The minimum absolute atomic E-state index is 0.152. The maximum absolute atomic E-state index is 11.7. The summed E-state index contributed by atoms with van der Waals surface area (Å²) in [7, 11) is 0. The van der Waals surface area contributed by atoms with E-state index in [2.05, 4.69) is 5.32 Å². The number of ether oxygens (including phenoxy) is 1. The van der Waals surface area contributed by atoms with Gasteiger partial charge >= 0.3 is 5.97 Å². The van der Waals surface area contributed by atoms with E-state index in [1.165, 1.54) is 0 Å². The van der Waals surface area contributed by atoms with Gasteiger partial charge in [0, 0.05) is 6.42 Å². The summed E-state index contributed by atoms with van der Waals surface area (Å²) >= 11 is 0. The molecule has 1 rings (SSSR count). The summed E-state index contributed by atoms with van der Waals surface area (Å²) in [5.41, 5.74) is 0. The first-order valence-electron chi connectivity index (χ1n) is 7.20. The van der Waals surface area contributed by atoms with Crippen LogP contribution in [0.3, 0.4) is 0 Å². The first-order valence-corrected chi connectivity index (χ1v) is 7.20. The molecule has 1 fully saturated rings. The number of hydrogen-bond acceptors (Lipinski definition) is 3. The Balaban J connectivity index is 2.26. The van der Waals surface area contributed by atoms with Crippen LogP contribution in [0.25, 0.3) is 0 Å². The van der Waals surface area contributed by atoms with Crippen LogP contribution in [-0.4, -0.2) is 35.2 Å². The van der Waals surface area contributed by atoms with Crippen LogP contribution in [0.1, 0.15) is 58.8 Å². The van der Waals surface area contributed by atoms with E-state index in [1.807, 2.05) is 13.8 Å². The summed E-state index contributed by atoms with van der Waals surface area (Å²) in [6.45, 7) is 4.03. The highest BCUT2D eigenvalue weighted by Crippen LogP contribution is 2.22. The average Bonchev–Trinajstić information content (AvgIpc) is 2.77. The lowest BCUT2D eigenvalue weighted by Crippen LogP contribution is -2.40. The fourth-order valence-corrected chi connectivity index (χ4v) is 2.32. The van der Waals surface area contributed by atoms with E-state index < -0.39 is 12.0 Å². The second-order valence-electron chi connectivity index (χ2n) is 5.29. The third-order valence-corrected chi connectivity index (χ3v) is 3.49. The van der Waals surface area contributed by atoms with E-state index in [-0.39, 0.29) is 18.1 Å². The van der Waals surface area contributed by atoms with Crippen LogP contribution < -0.4 is 5.32 Å². The number of rotatable bonds is 8. The predicted molar refractivity (Wildman–Crippen MR) is 71.9 cm³/mol. The summed E-state index contributed by atoms with van der Waals surface area (Å²) in [4.78, 5) is 22.7. The quantitative estimate of drug-likeness (QED) is 0.709. The zero-order valence-corrected chi connectivity index (χ0v) is 11.9. The molecule has 2 N–H and O–H groups in total. The van der Waals surface area contributed by atoms with Crippen LogP contribution >= 0.6 is 0 Å². The predicted octanol–water partition coefficient (Wildman–Crippen LogP) is 2.09. The van der Waals surface area contributed by atoms with Gasteiger partial charge in [-0.1, -0.05) is 19.8 Å². The van der Waals surface area contributed by atoms with Crippen molar-refractivity contribution >= 4 is 11.9 Å². The van der Waals surface area contributed by atoms with E-state index in [0.29, 0.717) is 19.3 Å². The number of nitrogens with one attached hydrogen (secondary N) is 1.